The second-order valence-corrected chi connectivity index (χ2v) is 5.85. The van der Waals surface area contributed by atoms with Gasteiger partial charge in [0.15, 0.2) is 0 Å². The zero-order chi connectivity index (χ0) is 19.1. The van der Waals surface area contributed by atoms with Crippen LogP contribution in [0.4, 0.5) is 4.39 Å². The molecule has 0 aliphatic carbocycles. The van der Waals surface area contributed by atoms with Gasteiger partial charge in [-0.15, -0.1) is 0 Å². The summed E-state index contributed by atoms with van der Waals surface area (Å²) in [4.78, 5) is 11.9. The molecule has 1 aromatic heterocycles. The molecule has 0 aliphatic heterocycles. The number of hydrogen-bond acceptors (Lipinski definition) is 4. The molecule has 5 nitrogen and oxygen atoms in total. The minimum absolute atomic E-state index is 0.0720. The Morgan fingerprint density at radius 3 is 2.81 bits per heavy atom. The van der Waals surface area contributed by atoms with Crippen molar-refractivity contribution in [1.29, 1.82) is 0 Å². The maximum Gasteiger partial charge on any atom is 0.331 e. The number of hydrogen-bond donors (Lipinski definition) is 0. The minimum Gasteiger partial charge on any atom is -0.496 e. The van der Waals surface area contributed by atoms with Gasteiger partial charge >= 0.3 is 5.97 Å². The molecule has 0 saturated carbocycles. The van der Waals surface area contributed by atoms with E-state index in [0.717, 1.165) is 11.1 Å². The van der Waals surface area contributed by atoms with Crippen LogP contribution in [0.5, 0.6) is 5.75 Å². The standard InChI is InChI=1S/C21H19FN2O3/c1-26-20-9-8-19(22)11-18(20)15-27-21(25)10-7-17-12-23-24(14-17)13-16-5-3-2-4-6-16/h2-12,14H,13,15H2,1H3/b10-7+. The fourth-order valence-corrected chi connectivity index (χ4v) is 2.54. The Balaban J connectivity index is 1.55. The molecule has 0 spiro atoms. The summed E-state index contributed by atoms with van der Waals surface area (Å²) in [6.45, 7) is 0.579. The van der Waals surface area contributed by atoms with Gasteiger partial charge in [0.05, 0.1) is 19.9 Å². The maximum absolute atomic E-state index is 13.3. The topological polar surface area (TPSA) is 53.4 Å². The summed E-state index contributed by atoms with van der Waals surface area (Å²) in [7, 11) is 1.48. The number of aromatic nitrogens is 2. The summed E-state index contributed by atoms with van der Waals surface area (Å²) in [6.07, 6.45) is 6.45. The van der Waals surface area contributed by atoms with E-state index in [2.05, 4.69) is 5.10 Å². The number of benzene rings is 2. The molecule has 0 saturated heterocycles. The Kier molecular flexibility index (Phi) is 5.99. The van der Waals surface area contributed by atoms with E-state index >= 15 is 0 Å². The Hall–Kier alpha value is -3.41. The van der Waals surface area contributed by atoms with Crippen molar-refractivity contribution in [3.8, 4) is 5.75 Å². The van der Waals surface area contributed by atoms with Crippen LogP contribution in [0.3, 0.4) is 0 Å². The molecule has 138 valence electrons. The van der Waals surface area contributed by atoms with Crippen molar-refractivity contribution in [2.24, 2.45) is 0 Å². The number of esters is 1. The molecule has 0 amide bonds. The zero-order valence-electron chi connectivity index (χ0n) is 14.8. The molecule has 3 aromatic rings. The average molecular weight is 366 g/mol. The first-order valence-corrected chi connectivity index (χ1v) is 8.37. The Morgan fingerprint density at radius 1 is 1.22 bits per heavy atom. The molecular formula is C21H19FN2O3. The second-order valence-electron chi connectivity index (χ2n) is 5.85. The van der Waals surface area contributed by atoms with Gasteiger partial charge < -0.3 is 9.47 Å². The molecule has 0 radical (unpaired) electrons. The first kappa shape index (κ1) is 18.4. The molecule has 0 atom stereocenters. The van der Waals surface area contributed by atoms with E-state index in [0.29, 0.717) is 17.9 Å². The van der Waals surface area contributed by atoms with Crippen molar-refractivity contribution in [3.63, 3.8) is 0 Å². The number of nitrogens with zero attached hydrogens (tertiary/aromatic N) is 2. The van der Waals surface area contributed by atoms with E-state index in [1.54, 1.807) is 17.0 Å². The molecule has 27 heavy (non-hydrogen) atoms. The predicted molar refractivity (Wildman–Crippen MR) is 99.6 cm³/mol. The highest BCUT2D eigenvalue weighted by molar-refractivity contribution is 5.86. The van der Waals surface area contributed by atoms with Gasteiger partial charge in [0.1, 0.15) is 18.2 Å². The van der Waals surface area contributed by atoms with Crippen LogP contribution in [0.1, 0.15) is 16.7 Å². The van der Waals surface area contributed by atoms with E-state index in [1.807, 2.05) is 36.5 Å². The predicted octanol–water partition coefficient (Wildman–Crippen LogP) is 3.84. The first-order chi connectivity index (χ1) is 13.1. The van der Waals surface area contributed by atoms with Crippen LogP contribution in [0, 0.1) is 5.82 Å². The molecule has 0 N–H and O–H groups in total. The minimum atomic E-state index is -0.530. The van der Waals surface area contributed by atoms with Gasteiger partial charge in [-0.05, 0) is 29.8 Å². The lowest BCUT2D eigenvalue weighted by Crippen LogP contribution is -2.02. The first-order valence-electron chi connectivity index (χ1n) is 8.37. The van der Waals surface area contributed by atoms with Crippen LogP contribution in [0.25, 0.3) is 6.08 Å². The Bertz CT molecular complexity index is 936. The van der Waals surface area contributed by atoms with Crippen LogP contribution in [-0.2, 0) is 22.7 Å². The van der Waals surface area contributed by atoms with Gasteiger partial charge in [-0.25, -0.2) is 9.18 Å². The molecule has 1 heterocycles. The largest absolute Gasteiger partial charge is 0.496 e. The lowest BCUT2D eigenvalue weighted by Gasteiger charge is -2.08. The van der Waals surface area contributed by atoms with E-state index in [4.69, 9.17) is 9.47 Å². The monoisotopic (exact) mass is 366 g/mol. The molecule has 6 heteroatoms. The molecule has 0 unspecified atom stereocenters. The number of rotatable bonds is 7. The fraction of sp³-hybridized carbons (Fsp3) is 0.143. The smallest absolute Gasteiger partial charge is 0.331 e. The van der Waals surface area contributed by atoms with Crippen molar-refractivity contribution >= 4 is 12.0 Å². The van der Waals surface area contributed by atoms with E-state index < -0.39 is 11.8 Å². The van der Waals surface area contributed by atoms with Gasteiger partial charge in [0.2, 0.25) is 0 Å². The summed E-state index contributed by atoms with van der Waals surface area (Å²) < 4.78 is 25.4. The summed E-state index contributed by atoms with van der Waals surface area (Å²) in [5.74, 6) is -0.476. The number of carbonyl (C=O) groups excluding carboxylic acids is 1. The van der Waals surface area contributed by atoms with Crippen LogP contribution in [0.15, 0.2) is 67.0 Å². The van der Waals surface area contributed by atoms with Crippen molar-refractivity contribution < 1.29 is 18.7 Å². The SMILES string of the molecule is COc1ccc(F)cc1COC(=O)/C=C/c1cnn(Cc2ccccc2)c1. The Morgan fingerprint density at radius 2 is 2.04 bits per heavy atom. The number of methoxy groups -OCH3 is 1. The third-order valence-electron chi connectivity index (χ3n) is 3.86. The van der Waals surface area contributed by atoms with E-state index in [-0.39, 0.29) is 6.61 Å². The summed E-state index contributed by atoms with van der Waals surface area (Å²) >= 11 is 0. The number of carbonyl (C=O) groups is 1. The lowest BCUT2D eigenvalue weighted by molar-refractivity contribution is -0.138. The van der Waals surface area contributed by atoms with Gasteiger partial charge in [-0.3, -0.25) is 4.68 Å². The maximum atomic E-state index is 13.3. The van der Waals surface area contributed by atoms with E-state index in [9.17, 15) is 9.18 Å². The van der Waals surface area contributed by atoms with Crippen molar-refractivity contribution in [2.75, 3.05) is 7.11 Å². The number of ether oxygens (including phenoxy) is 2. The highest BCUT2D eigenvalue weighted by atomic mass is 19.1. The molecule has 2 aromatic carbocycles. The van der Waals surface area contributed by atoms with Gasteiger partial charge in [0, 0.05) is 23.4 Å². The van der Waals surface area contributed by atoms with Crippen molar-refractivity contribution in [3.05, 3.63) is 89.5 Å². The fourth-order valence-electron chi connectivity index (χ4n) is 2.54. The molecule has 3 rings (SSSR count). The highest BCUT2D eigenvalue weighted by Crippen LogP contribution is 2.20. The van der Waals surface area contributed by atoms with Crippen LogP contribution in [-0.4, -0.2) is 22.9 Å². The van der Waals surface area contributed by atoms with Crippen molar-refractivity contribution in [1.82, 2.24) is 9.78 Å². The third kappa shape index (κ3) is 5.28. The number of halogens is 1. The van der Waals surface area contributed by atoms with E-state index in [1.165, 1.54) is 31.4 Å². The van der Waals surface area contributed by atoms with Crippen molar-refractivity contribution in [2.45, 2.75) is 13.2 Å². The molecule has 0 aliphatic rings. The summed E-state index contributed by atoms with van der Waals surface area (Å²) in [6, 6.07) is 14.0. The van der Waals surface area contributed by atoms with Crippen LogP contribution < -0.4 is 4.74 Å². The van der Waals surface area contributed by atoms with Gasteiger partial charge in [-0.2, -0.15) is 5.10 Å². The second kappa shape index (κ2) is 8.80. The Labute approximate surface area is 156 Å². The molecule has 0 fully saturated rings. The normalized spacial score (nSPS) is 10.9. The molecule has 0 bridgehead atoms. The lowest BCUT2D eigenvalue weighted by atomic mass is 10.2. The van der Waals surface area contributed by atoms with Crippen LogP contribution in [0.2, 0.25) is 0 Å². The highest BCUT2D eigenvalue weighted by Gasteiger charge is 2.07. The van der Waals surface area contributed by atoms with Gasteiger partial charge in [0.25, 0.3) is 0 Å². The summed E-state index contributed by atoms with van der Waals surface area (Å²) in [5, 5.41) is 4.27. The zero-order valence-corrected chi connectivity index (χ0v) is 14.8. The third-order valence-corrected chi connectivity index (χ3v) is 3.86. The van der Waals surface area contributed by atoms with Gasteiger partial charge in [-0.1, -0.05) is 30.3 Å². The quantitative estimate of drug-likeness (QED) is 0.471. The molecular weight excluding hydrogens is 347 g/mol. The average Bonchev–Trinajstić information content (AvgIpc) is 3.13. The van der Waals surface area contributed by atoms with Crippen LogP contribution >= 0.6 is 0 Å². The summed E-state index contributed by atoms with van der Waals surface area (Å²) in [5.41, 5.74) is 2.39.